The van der Waals surface area contributed by atoms with E-state index in [0.29, 0.717) is 10.7 Å². The van der Waals surface area contributed by atoms with Gasteiger partial charge in [-0.15, -0.1) is 0 Å². The lowest BCUT2D eigenvalue weighted by Crippen LogP contribution is -1.69. The fraction of sp³-hybridized carbons (Fsp3) is 0.200. The van der Waals surface area contributed by atoms with Crippen LogP contribution in [0.4, 0.5) is 0 Å². The molecule has 0 saturated carbocycles. The molecule has 0 unspecified atom stereocenters. The summed E-state index contributed by atoms with van der Waals surface area (Å²) in [5.74, 6) is 0. The van der Waals surface area contributed by atoms with Crippen molar-refractivity contribution in [3.05, 3.63) is 23.4 Å². The summed E-state index contributed by atoms with van der Waals surface area (Å²) >= 11 is 5.46. The van der Waals surface area contributed by atoms with Crippen LogP contribution < -0.4 is 0 Å². The second kappa shape index (κ2) is 3.38. The van der Waals surface area contributed by atoms with Gasteiger partial charge in [-0.25, -0.2) is 5.53 Å². The quantitative estimate of drug-likeness (QED) is 0.441. The Hall–Kier alpha value is -0.630. The molecule has 3 heteroatoms. The molecule has 0 atom stereocenters. The molecule has 0 aromatic carbocycles. The van der Waals surface area contributed by atoms with E-state index in [2.05, 4.69) is 11.7 Å². The highest BCUT2D eigenvalue weighted by Gasteiger charge is 1.91. The Balaban J connectivity index is 4.03. The van der Waals surface area contributed by atoms with Crippen molar-refractivity contribution in [2.45, 2.75) is 6.92 Å². The summed E-state index contributed by atoms with van der Waals surface area (Å²) in [6.45, 7) is 5.15. The zero-order chi connectivity index (χ0) is 6.57. The third-order valence-electron chi connectivity index (χ3n) is 0.664. The van der Waals surface area contributed by atoms with Gasteiger partial charge in [0, 0.05) is 0 Å². The summed E-state index contributed by atoms with van der Waals surface area (Å²) in [4.78, 5) is 0. The minimum atomic E-state index is 0.300. The van der Waals surface area contributed by atoms with Gasteiger partial charge in [-0.1, -0.05) is 24.3 Å². The van der Waals surface area contributed by atoms with Crippen molar-refractivity contribution in [1.82, 2.24) is 0 Å². The maximum Gasteiger partial charge on any atom is 0.0960 e. The molecule has 1 N–H and O–H groups in total. The Labute approximate surface area is 53.4 Å². The van der Waals surface area contributed by atoms with Crippen LogP contribution in [0.3, 0.4) is 0 Å². The van der Waals surface area contributed by atoms with Crippen molar-refractivity contribution in [1.29, 1.82) is 5.53 Å². The van der Waals surface area contributed by atoms with Crippen molar-refractivity contribution in [2.75, 3.05) is 0 Å². The number of hydrogen-bond donors (Lipinski definition) is 1. The standard InChI is InChI=1S/C5H7ClN2/c1-3-5(6)4(2)8-7/h3,7H,2H2,1H3/b5-3+,8-7?. The van der Waals surface area contributed by atoms with E-state index in [-0.39, 0.29) is 0 Å². The van der Waals surface area contributed by atoms with E-state index in [0.717, 1.165) is 0 Å². The molecule has 0 amide bonds. The topological polar surface area (TPSA) is 36.2 Å². The molecule has 0 fully saturated rings. The van der Waals surface area contributed by atoms with Gasteiger partial charge in [0.05, 0.1) is 10.7 Å². The molecule has 2 nitrogen and oxygen atoms in total. The van der Waals surface area contributed by atoms with E-state index < -0.39 is 0 Å². The molecule has 0 aliphatic carbocycles. The third-order valence-corrected chi connectivity index (χ3v) is 1.10. The van der Waals surface area contributed by atoms with Crippen LogP contribution in [0.25, 0.3) is 0 Å². The van der Waals surface area contributed by atoms with Gasteiger partial charge in [-0.3, -0.25) is 0 Å². The first kappa shape index (κ1) is 7.37. The van der Waals surface area contributed by atoms with E-state index in [1.807, 2.05) is 0 Å². The fourth-order valence-electron chi connectivity index (χ4n) is 0.220. The number of hydrogen-bond acceptors (Lipinski definition) is 2. The van der Waals surface area contributed by atoms with Crippen LogP contribution in [-0.4, -0.2) is 0 Å². The van der Waals surface area contributed by atoms with Gasteiger partial charge in [0.25, 0.3) is 0 Å². The molecular formula is C5H7ClN2. The van der Waals surface area contributed by atoms with Crippen molar-refractivity contribution in [2.24, 2.45) is 5.11 Å². The van der Waals surface area contributed by atoms with Crippen molar-refractivity contribution < 1.29 is 0 Å². The normalized spacial score (nSPS) is 11.0. The Morgan fingerprint density at radius 3 is 2.50 bits per heavy atom. The molecule has 0 radical (unpaired) electrons. The van der Waals surface area contributed by atoms with Gasteiger partial charge in [0.15, 0.2) is 0 Å². The van der Waals surface area contributed by atoms with Crippen LogP contribution in [-0.2, 0) is 0 Å². The van der Waals surface area contributed by atoms with Crippen molar-refractivity contribution >= 4 is 11.6 Å². The third kappa shape index (κ3) is 1.89. The first-order chi connectivity index (χ1) is 3.72. The van der Waals surface area contributed by atoms with Gasteiger partial charge < -0.3 is 0 Å². The summed E-state index contributed by atoms with van der Waals surface area (Å²) in [5, 5.41) is 3.45. The van der Waals surface area contributed by atoms with Gasteiger partial charge >= 0.3 is 0 Å². The van der Waals surface area contributed by atoms with E-state index in [1.54, 1.807) is 13.0 Å². The molecule has 0 heterocycles. The van der Waals surface area contributed by atoms with Crippen molar-refractivity contribution in [3.8, 4) is 0 Å². The van der Waals surface area contributed by atoms with Crippen LogP contribution in [0.2, 0.25) is 0 Å². The van der Waals surface area contributed by atoms with Crippen LogP contribution in [0.5, 0.6) is 0 Å². The minimum Gasteiger partial charge on any atom is -0.204 e. The van der Waals surface area contributed by atoms with Crippen LogP contribution in [0, 0.1) is 5.53 Å². The Bertz CT molecular complexity index is 137. The number of rotatable bonds is 2. The average molecular weight is 131 g/mol. The summed E-state index contributed by atoms with van der Waals surface area (Å²) in [5.41, 5.74) is 6.74. The van der Waals surface area contributed by atoms with Crippen molar-refractivity contribution in [3.63, 3.8) is 0 Å². The minimum absolute atomic E-state index is 0.300. The highest BCUT2D eigenvalue weighted by atomic mass is 35.5. The van der Waals surface area contributed by atoms with E-state index >= 15 is 0 Å². The van der Waals surface area contributed by atoms with Gasteiger partial charge in [0.2, 0.25) is 0 Å². The largest absolute Gasteiger partial charge is 0.204 e. The first-order valence-electron chi connectivity index (χ1n) is 2.11. The summed E-state index contributed by atoms with van der Waals surface area (Å²) in [6.07, 6.45) is 1.64. The predicted molar refractivity (Wildman–Crippen MR) is 33.9 cm³/mol. The predicted octanol–water partition coefficient (Wildman–Crippen LogP) is 2.67. The van der Waals surface area contributed by atoms with Gasteiger partial charge in [-0.05, 0) is 6.92 Å². The second-order valence-corrected chi connectivity index (χ2v) is 1.60. The molecule has 44 valence electrons. The first-order valence-corrected chi connectivity index (χ1v) is 2.48. The maximum atomic E-state index is 6.44. The number of allylic oxidation sites excluding steroid dienone is 2. The Morgan fingerprint density at radius 2 is 2.38 bits per heavy atom. The number of halogens is 1. The molecular weight excluding hydrogens is 124 g/mol. The zero-order valence-electron chi connectivity index (χ0n) is 4.61. The zero-order valence-corrected chi connectivity index (χ0v) is 5.37. The average Bonchev–Trinajstić information content (AvgIpc) is 1.84. The Morgan fingerprint density at radius 1 is 1.88 bits per heavy atom. The van der Waals surface area contributed by atoms with Crippen LogP contribution in [0.1, 0.15) is 6.92 Å². The maximum absolute atomic E-state index is 6.44. The SMILES string of the molecule is C=C(N=N)/C(Cl)=C\C. The molecule has 0 bridgehead atoms. The highest BCUT2D eigenvalue weighted by molar-refractivity contribution is 6.31. The fourth-order valence-corrected chi connectivity index (χ4v) is 0.262. The molecule has 0 aliphatic heterocycles. The highest BCUT2D eigenvalue weighted by Crippen LogP contribution is 2.11. The molecule has 0 spiro atoms. The Kier molecular flexibility index (Phi) is 3.12. The van der Waals surface area contributed by atoms with E-state index in [1.165, 1.54) is 0 Å². The van der Waals surface area contributed by atoms with E-state index in [9.17, 15) is 0 Å². The molecule has 0 aromatic heterocycles. The molecule has 8 heavy (non-hydrogen) atoms. The van der Waals surface area contributed by atoms with E-state index in [4.69, 9.17) is 17.1 Å². The van der Waals surface area contributed by atoms with Gasteiger partial charge in [-0.2, -0.15) is 5.11 Å². The molecule has 0 aromatic rings. The number of nitrogens with one attached hydrogen (secondary N) is 1. The second-order valence-electron chi connectivity index (χ2n) is 1.20. The lowest BCUT2D eigenvalue weighted by atomic mass is 10.4. The molecule has 0 aliphatic rings. The lowest BCUT2D eigenvalue weighted by Gasteiger charge is -1.88. The smallest absolute Gasteiger partial charge is 0.0960 e. The molecule has 0 rings (SSSR count). The lowest BCUT2D eigenvalue weighted by molar-refractivity contribution is 1.09. The summed E-state index contributed by atoms with van der Waals surface area (Å²) in [7, 11) is 0. The van der Waals surface area contributed by atoms with Crippen LogP contribution >= 0.6 is 11.6 Å². The number of nitrogens with zero attached hydrogens (tertiary/aromatic N) is 1. The monoisotopic (exact) mass is 130 g/mol. The summed E-state index contributed by atoms with van der Waals surface area (Å²) in [6, 6.07) is 0. The van der Waals surface area contributed by atoms with Crippen LogP contribution in [0.15, 0.2) is 28.5 Å². The van der Waals surface area contributed by atoms with Gasteiger partial charge in [0.1, 0.15) is 0 Å². The molecule has 0 saturated heterocycles. The summed E-state index contributed by atoms with van der Waals surface area (Å²) < 4.78 is 0.